The second-order valence-electron chi connectivity index (χ2n) is 5.27. The Morgan fingerprint density at radius 3 is 2.89 bits per heavy atom. The standard InChI is InChI=1S/C14H27N3O/c1-5-15-10-8-14(2,3)13-7-9-16-17(13)11-6-12-18-4/h7,9,15H,5-6,8,10-12H2,1-4H3. The maximum atomic E-state index is 5.09. The van der Waals surface area contributed by atoms with Crippen molar-refractivity contribution in [3.05, 3.63) is 18.0 Å². The van der Waals surface area contributed by atoms with Gasteiger partial charge in [0, 0.05) is 37.6 Å². The van der Waals surface area contributed by atoms with Gasteiger partial charge in [-0.3, -0.25) is 4.68 Å². The summed E-state index contributed by atoms with van der Waals surface area (Å²) in [4.78, 5) is 0. The van der Waals surface area contributed by atoms with Gasteiger partial charge in [-0.05, 0) is 32.0 Å². The first-order chi connectivity index (χ1) is 8.61. The lowest BCUT2D eigenvalue weighted by molar-refractivity contribution is 0.188. The Bertz CT molecular complexity index is 334. The summed E-state index contributed by atoms with van der Waals surface area (Å²) in [7, 11) is 1.74. The highest BCUT2D eigenvalue weighted by molar-refractivity contribution is 5.13. The third kappa shape index (κ3) is 4.42. The first kappa shape index (κ1) is 15.2. The van der Waals surface area contributed by atoms with Crippen molar-refractivity contribution in [2.75, 3.05) is 26.8 Å². The number of nitrogens with zero attached hydrogens (tertiary/aromatic N) is 2. The second-order valence-corrected chi connectivity index (χ2v) is 5.27. The van der Waals surface area contributed by atoms with Crippen molar-refractivity contribution in [1.82, 2.24) is 15.1 Å². The van der Waals surface area contributed by atoms with Crippen LogP contribution < -0.4 is 5.32 Å². The Kier molecular flexibility index (Phi) is 6.36. The van der Waals surface area contributed by atoms with Crippen LogP contribution in [0.1, 0.15) is 39.3 Å². The van der Waals surface area contributed by atoms with Crippen molar-refractivity contribution in [3.63, 3.8) is 0 Å². The fraction of sp³-hybridized carbons (Fsp3) is 0.786. The summed E-state index contributed by atoms with van der Waals surface area (Å²) in [5.74, 6) is 0. The number of hydrogen-bond donors (Lipinski definition) is 1. The first-order valence-electron chi connectivity index (χ1n) is 6.83. The highest BCUT2D eigenvalue weighted by atomic mass is 16.5. The number of rotatable bonds is 9. The smallest absolute Gasteiger partial charge is 0.0492 e. The minimum atomic E-state index is 0.158. The minimum absolute atomic E-state index is 0.158. The lowest BCUT2D eigenvalue weighted by Gasteiger charge is -2.26. The molecular weight excluding hydrogens is 226 g/mol. The summed E-state index contributed by atoms with van der Waals surface area (Å²) in [6.45, 7) is 10.5. The molecule has 1 heterocycles. The second kappa shape index (κ2) is 7.54. The van der Waals surface area contributed by atoms with Crippen LogP contribution in [0.4, 0.5) is 0 Å². The van der Waals surface area contributed by atoms with E-state index in [1.165, 1.54) is 5.69 Å². The molecule has 0 fully saturated rings. The zero-order valence-corrected chi connectivity index (χ0v) is 12.2. The normalized spacial score (nSPS) is 12.0. The van der Waals surface area contributed by atoms with E-state index in [0.717, 1.165) is 39.1 Å². The summed E-state index contributed by atoms with van der Waals surface area (Å²) in [6, 6.07) is 2.14. The van der Waals surface area contributed by atoms with E-state index in [4.69, 9.17) is 4.74 Å². The molecule has 0 aliphatic heterocycles. The molecule has 4 heteroatoms. The van der Waals surface area contributed by atoms with Gasteiger partial charge < -0.3 is 10.1 Å². The van der Waals surface area contributed by atoms with Gasteiger partial charge in [-0.1, -0.05) is 20.8 Å². The SMILES string of the molecule is CCNCCC(C)(C)c1ccnn1CCCOC. The number of ether oxygens (including phenoxy) is 1. The molecule has 0 amide bonds. The predicted molar refractivity (Wildman–Crippen MR) is 74.9 cm³/mol. The molecule has 0 radical (unpaired) electrons. The number of methoxy groups -OCH3 is 1. The van der Waals surface area contributed by atoms with Gasteiger partial charge >= 0.3 is 0 Å². The quantitative estimate of drug-likeness (QED) is 0.686. The van der Waals surface area contributed by atoms with Crippen LogP contribution in [-0.4, -0.2) is 36.6 Å². The zero-order chi connectivity index (χ0) is 13.4. The molecule has 0 aromatic carbocycles. The summed E-state index contributed by atoms with van der Waals surface area (Å²) in [6.07, 6.45) is 4.03. The fourth-order valence-corrected chi connectivity index (χ4v) is 2.15. The van der Waals surface area contributed by atoms with E-state index in [2.05, 4.69) is 41.9 Å². The fourth-order valence-electron chi connectivity index (χ4n) is 2.15. The number of hydrogen-bond acceptors (Lipinski definition) is 3. The lowest BCUT2D eigenvalue weighted by atomic mass is 9.85. The van der Waals surface area contributed by atoms with E-state index in [-0.39, 0.29) is 5.41 Å². The Morgan fingerprint density at radius 1 is 1.44 bits per heavy atom. The van der Waals surface area contributed by atoms with Crippen LogP contribution in [0.15, 0.2) is 12.3 Å². The van der Waals surface area contributed by atoms with Gasteiger partial charge in [0.1, 0.15) is 0 Å². The van der Waals surface area contributed by atoms with E-state index in [0.29, 0.717) is 0 Å². The van der Waals surface area contributed by atoms with Crippen molar-refractivity contribution in [2.24, 2.45) is 0 Å². The highest BCUT2D eigenvalue weighted by Crippen LogP contribution is 2.26. The van der Waals surface area contributed by atoms with E-state index in [1.807, 2.05) is 6.20 Å². The Hall–Kier alpha value is -0.870. The molecule has 0 aliphatic carbocycles. The molecule has 0 bridgehead atoms. The maximum absolute atomic E-state index is 5.09. The molecule has 104 valence electrons. The molecule has 1 N–H and O–H groups in total. The average Bonchev–Trinajstić information content (AvgIpc) is 2.79. The van der Waals surface area contributed by atoms with Gasteiger partial charge in [0.2, 0.25) is 0 Å². The molecular formula is C14H27N3O. The number of nitrogens with one attached hydrogen (secondary N) is 1. The monoisotopic (exact) mass is 253 g/mol. The molecule has 0 unspecified atom stereocenters. The van der Waals surface area contributed by atoms with Crippen LogP contribution in [-0.2, 0) is 16.7 Å². The number of aryl methyl sites for hydroxylation is 1. The predicted octanol–water partition coefficient (Wildman–Crippen LogP) is 2.20. The third-order valence-corrected chi connectivity index (χ3v) is 3.31. The van der Waals surface area contributed by atoms with Crippen LogP contribution in [0.25, 0.3) is 0 Å². The van der Waals surface area contributed by atoms with Crippen molar-refractivity contribution in [1.29, 1.82) is 0 Å². The molecule has 4 nitrogen and oxygen atoms in total. The largest absolute Gasteiger partial charge is 0.385 e. The molecule has 0 atom stereocenters. The lowest BCUT2D eigenvalue weighted by Crippen LogP contribution is -2.28. The van der Waals surface area contributed by atoms with Crippen molar-refractivity contribution in [3.8, 4) is 0 Å². The van der Waals surface area contributed by atoms with Crippen molar-refractivity contribution in [2.45, 2.75) is 45.6 Å². The Morgan fingerprint density at radius 2 is 2.22 bits per heavy atom. The van der Waals surface area contributed by atoms with Gasteiger partial charge in [-0.25, -0.2) is 0 Å². The number of aromatic nitrogens is 2. The van der Waals surface area contributed by atoms with Crippen molar-refractivity contribution < 1.29 is 4.74 Å². The van der Waals surface area contributed by atoms with Crippen molar-refractivity contribution >= 4 is 0 Å². The van der Waals surface area contributed by atoms with Gasteiger partial charge in [-0.2, -0.15) is 5.10 Å². The summed E-state index contributed by atoms with van der Waals surface area (Å²) < 4.78 is 7.21. The zero-order valence-electron chi connectivity index (χ0n) is 12.2. The molecule has 1 aromatic heterocycles. The molecule has 0 spiro atoms. The van der Waals surface area contributed by atoms with E-state index in [9.17, 15) is 0 Å². The summed E-state index contributed by atoms with van der Waals surface area (Å²) in [5, 5.41) is 7.81. The van der Waals surface area contributed by atoms with Gasteiger partial charge in [0.15, 0.2) is 0 Å². The van der Waals surface area contributed by atoms with E-state index < -0.39 is 0 Å². The van der Waals surface area contributed by atoms with Gasteiger partial charge in [-0.15, -0.1) is 0 Å². The Balaban J connectivity index is 2.60. The summed E-state index contributed by atoms with van der Waals surface area (Å²) >= 11 is 0. The van der Waals surface area contributed by atoms with Crippen LogP contribution in [0.2, 0.25) is 0 Å². The van der Waals surface area contributed by atoms with Crippen LogP contribution in [0.3, 0.4) is 0 Å². The molecule has 0 saturated heterocycles. The highest BCUT2D eigenvalue weighted by Gasteiger charge is 2.23. The molecule has 0 saturated carbocycles. The van der Waals surface area contributed by atoms with E-state index in [1.54, 1.807) is 7.11 Å². The van der Waals surface area contributed by atoms with E-state index >= 15 is 0 Å². The first-order valence-corrected chi connectivity index (χ1v) is 6.83. The van der Waals surface area contributed by atoms with Crippen LogP contribution in [0.5, 0.6) is 0 Å². The van der Waals surface area contributed by atoms with Gasteiger partial charge in [0.25, 0.3) is 0 Å². The Labute approximate surface area is 111 Å². The average molecular weight is 253 g/mol. The third-order valence-electron chi connectivity index (χ3n) is 3.31. The maximum Gasteiger partial charge on any atom is 0.0492 e. The molecule has 1 rings (SSSR count). The molecule has 0 aliphatic rings. The topological polar surface area (TPSA) is 39.1 Å². The minimum Gasteiger partial charge on any atom is -0.385 e. The van der Waals surface area contributed by atoms with Gasteiger partial charge in [0.05, 0.1) is 0 Å². The molecule has 1 aromatic rings. The van der Waals surface area contributed by atoms with Crippen LogP contribution >= 0.6 is 0 Å². The van der Waals surface area contributed by atoms with Crippen LogP contribution in [0, 0.1) is 0 Å². The summed E-state index contributed by atoms with van der Waals surface area (Å²) in [5.41, 5.74) is 1.47. The molecule has 18 heavy (non-hydrogen) atoms.